The molecule has 1 atom stereocenters. The summed E-state index contributed by atoms with van der Waals surface area (Å²) in [5, 5.41) is 0. The van der Waals surface area contributed by atoms with Gasteiger partial charge in [-0.15, -0.1) is 0 Å². The largest absolute Gasteiger partial charge is 0.469 e. The number of nitrogens with zero attached hydrogens (tertiary/aromatic N) is 1. The molecule has 5 heteroatoms. The number of esters is 1. The van der Waals surface area contributed by atoms with Gasteiger partial charge in [-0.25, -0.2) is 0 Å². The number of hydrogen-bond acceptors (Lipinski definition) is 4. The summed E-state index contributed by atoms with van der Waals surface area (Å²) in [7, 11) is 1.34. The molecule has 5 nitrogen and oxygen atoms in total. The number of nitrogen functional groups attached to an aromatic ring is 1. The Bertz CT molecular complexity index is 473. The Morgan fingerprint density at radius 2 is 2.33 bits per heavy atom. The SMILES string of the molecule is COC(=O)C1CC(=O)N(Cc2cccc(N)c2)C1. The Morgan fingerprint density at radius 1 is 1.56 bits per heavy atom. The Morgan fingerprint density at radius 3 is 3.00 bits per heavy atom. The van der Waals surface area contributed by atoms with Crippen molar-refractivity contribution in [1.29, 1.82) is 0 Å². The number of likely N-dealkylation sites (tertiary alicyclic amines) is 1. The first kappa shape index (κ1) is 12.4. The zero-order valence-electron chi connectivity index (χ0n) is 10.3. The van der Waals surface area contributed by atoms with Crippen LogP contribution in [0, 0.1) is 5.92 Å². The van der Waals surface area contributed by atoms with Crippen molar-refractivity contribution < 1.29 is 14.3 Å². The van der Waals surface area contributed by atoms with E-state index in [1.54, 1.807) is 11.0 Å². The fraction of sp³-hybridized carbons (Fsp3) is 0.385. The van der Waals surface area contributed by atoms with E-state index in [-0.39, 0.29) is 24.2 Å². The molecule has 1 fully saturated rings. The number of anilines is 1. The molecule has 2 N–H and O–H groups in total. The fourth-order valence-electron chi connectivity index (χ4n) is 2.16. The summed E-state index contributed by atoms with van der Waals surface area (Å²) in [6.07, 6.45) is 0.231. The molecule has 1 unspecified atom stereocenters. The van der Waals surface area contributed by atoms with Gasteiger partial charge in [0.15, 0.2) is 0 Å². The molecule has 0 spiro atoms. The number of hydrogen-bond donors (Lipinski definition) is 1. The lowest BCUT2D eigenvalue weighted by atomic mass is 10.1. The van der Waals surface area contributed by atoms with Crippen LogP contribution in [0.5, 0.6) is 0 Å². The second kappa shape index (κ2) is 5.08. The third kappa shape index (κ3) is 2.61. The Balaban J connectivity index is 2.02. The molecule has 0 saturated carbocycles. The number of amides is 1. The molecule has 0 aliphatic carbocycles. The molecule has 1 heterocycles. The minimum absolute atomic E-state index is 0.0205. The van der Waals surface area contributed by atoms with Gasteiger partial charge in [0.05, 0.1) is 13.0 Å². The molecular formula is C13H16N2O3. The molecule has 0 aromatic heterocycles. The van der Waals surface area contributed by atoms with Crippen molar-refractivity contribution in [3.8, 4) is 0 Å². The normalized spacial score (nSPS) is 19.1. The molecule has 1 aliphatic rings. The number of carbonyl (C=O) groups is 2. The van der Waals surface area contributed by atoms with Gasteiger partial charge in [0.2, 0.25) is 5.91 Å². The maximum atomic E-state index is 11.8. The van der Waals surface area contributed by atoms with Crippen LogP contribution in [0.4, 0.5) is 5.69 Å². The number of benzene rings is 1. The lowest BCUT2D eigenvalue weighted by Crippen LogP contribution is -2.26. The van der Waals surface area contributed by atoms with Crippen LogP contribution >= 0.6 is 0 Å². The van der Waals surface area contributed by atoms with Gasteiger partial charge in [0, 0.05) is 25.2 Å². The van der Waals surface area contributed by atoms with E-state index in [0.29, 0.717) is 18.8 Å². The third-order valence-corrected chi connectivity index (χ3v) is 3.07. The second-order valence-electron chi connectivity index (χ2n) is 4.44. The first-order valence-electron chi connectivity index (χ1n) is 5.80. The number of rotatable bonds is 3. The summed E-state index contributed by atoms with van der Waals surface area (Å²) in [6.45, 7) is 0.900. The van der Waals surface area contributed by atoms with Gasteiger partial charge in [-0.2, -0.15) is 0 Å². The van der Waals surface area contributed by atoms with Crippen LogP contribution < -0.4 is 5.73 Å². The molecule has 1 aromatic rings. The summed E-state index contributed by atoms with van der Waals surface area (Å²) in [5.74, 6) is -0.685. The van der Waals surface area contributed by atoms with Crippen LogP contribution in [-0.2, 0) is 20.9 Å². The van der Waals surface area contributed by atoms with Gasteiger partial charge >= 0.3 is 5.97 Å². The average molecular weight is 248 g/mol. The maximum Gasteiger partial charge on any atom is 0.310 e. The maximum absolute atomic E-state index is 11.8. The standard InChI is InChI=1S/C13H16N2O3/c1-18-13(17)10-6-12(16)15(8-10)7-9-3-2-4-11(14)5-9/h2-5,10H,6-8,14H2,1H3. The van der Waals surface area contributed by atoms with Gasteiger partial charge in [0.1, 0.15) is 0 Å². The molecule has 18 heavy (non-hydrogen) atoms. The van der Waals surface area contributed by atoms with E-state index in [9.17, 15) is 9.59 Å². The van der Waals surface area contributed by atoms with Crippen molar-refractivity contribution in [3.63, 3.8) is 0 Å². The first-order chi connectivity index (χ1) is 8.60. The molecule has 96 valence electrons. The van der Waals surface area contributed by atoms with E-state index >= 15 is 0 Å². The van der Waals surface area contributed by atoms with Crippen LogP contribution in [0.2, 0.25) is 0 Å². The van der Waals surface area contributed by atoms with Crippen LogP contribution in [0.3, 0.4) is 0 Å². The molecule has 1 saturated heterocycles. The highest BCUT2D eigenvalue weighted by Gasteiger charge is 2.34. The fourth-order valence-corrected chi connectivity index (χ4v) is 2.16. The number of ether oxygens (including phenoxy) is 1. The molecule has 0 bridgehead atoms. The highest BCUT2D eigenvalue weighted by Crippen LogP contribution is 2.21. The van der Waals surface area contributed by atoms with Gasteiger partial charge in [-0.1, -0.05) is 12.1 Å². The van der Waals surface area contributed by atoms with Gasteiger partial charge in [-0.05, 0) is 17.7 Å². The molecular weight excluding hydrogens is 232 g/mol. The average Bonchev–Trinajstić information content (AvgIpc) is 2.70. The van der Waals surface area contributed by atoms with E-state index in [2.05, 4.69) is 4.74 Å². The summed E-state index contributed by atoms with van der Waals surface area (Å²) in [5.41, 5.74) is 7.32. The molecule has 2 rings (SSSR count). The predicted molar refractivity (Wildman–Crippen MR) is 66.4 cm³/mol. The number of carbonyl (C=O) groups excluding carboxylic acids is 2. The van der Waals surface area contributed by atoms with E-state index in [1.165, 1.54) is 7.11 Å². The van der Waals surface area contributed by atoms with Crippen LogP contribution in [0.15, 0.2) is 24.3 Å². The summed E-state index contributed by atoms with van der Waals surface area (Å²) >= 11 is 0. The van der Waals surface area contributed by atoms with E-state index < -0.39 is 0 Å². The number of methoxy groups -OCH3 is 1. The first-order valence-corrected chi connectivity index (χ1v) is 5.80. The second-order valence-corrected chi connectivity index (χ2v) is 4.44. The van der Waals surface area contributed by atoms with Gasteiger partial charge < -0.3 is 15.4 Å². The number of nitrogens with two attached hydrogens (primary N) is 1. The van der Waals surface area contributed by atoms with Crippen LogP contribution in [-0.4, -0.2) is 30.4 Å². The smallest absolute Gasteiger partial charge is 0.310 e. The van der Waals surface area contributed by atoms with E-state index in [1.807, 2.05) is 18.2 Å². The lowest BCUT2D eigenvalue weighted by Gasteiger charge is -2.16. The van der Waals surface area contributed by atoms with Crippen molar-refractivity contribution in [2.45, 2.75) is 13.0 Å². The Labute approximate surface area is 106 Å². The zero-order valence-corrected chi connectivity index (χ0v) is 10.3. The zero-order chi connectivity index (χ0) is 13.1. The molecule has 0 radical (unpaired) electrons. The lowest BCUT2D eigenvalue weighted by molar-refractivity contribution is -0.145. The van der Waals surface area contributed by atoms with Gasteiger partial charge in [0.25, 0.3) is 0 Å². The van der Waals surface area contributed by atoms with Crippen LogP contribution in [0.25, 0.3) is 0 Å². The third-order valence-electron chi connectivity index (χ3n) is 3.07. The molecule has 1 aromatic carbocycles. The molecule has 1 aliphatic heterocycles. The molecule has 1 amide bonds. The summed E-state index contributed by atoms with van der Waals surface area (Å²) < 4.78 is 4.66. The predicted octanol–water partition coefficient (Wildman–Crippen LogP) is 0.790. The van der Waals surface area contributed by atoms with Crippen molar-refractivity contribution in [2.75, 3.05) is 19.4 Å². The van der Waals surface area contributed by atoms with Gasteiger partial charge in [-0.3, -0.25) is 9.59 Å². The van der Waals surface area contributed by atoms with Crippen molar-refractivity contribution >= 4 is 17.6 Å². The van der Waals surface area contributed by atoms with E-state index in [4.69, 9.17) is 5.73 Å². The highest BCUT2D eigenvalue weighted by atomic mass is 16.5. The minimum Gasteiger partial charge on any atom is -0.469 e. The van der Waals surface area contributed by atoms with Crippen molar-refractivity contribution in [1.82, 2.24) is 4.90 Å². The highest BCUT2D eigenvalue weighted by molar-refractivity contribution is 5.86. The Hall–Kier alpha value is -2.04. The van der Waals surface area contributed by atoms with E-state index in [0.717, 1.165) is 5.56 Å². The minimum atomic E-state index is -0.344. The topological polar surface area (TPSA) is 72.6 Å². The van der Waals surface area contributed by atoms with Crippen molar-refractivity contribution in [2.24, 2.45) is 5.92 Å². The summed E-state index contributed by atoms with van der Waals surface area (Å²) in [6, 6.07) is 7.39. The quantitative estimate of drug-likeness (QED) is 0.634. The Kier molecular flexibility index (Phi) is 3.50. The summed E-state index contributed by atoms with van der Waals surface area (Å²) in [4.78, 5) is 24.8. The monoisotopic (exact) mass is 248 g/mol. The van der Waals surface area contributed by atoms with Crippen LogP contribution in [0.1, 0.15) is 12.0 Å². The van der Waals surface area contributed by atoms with Crippen molar-refractivity contribution in [3.05, 3.63) is 29.8 Å².